The monoisotopic (exact) mass is 458 g/mol. The summed E-state index contributed by atoms with van der Waals surface area (Å²) in [5.41, 5.74) is 16.4. The van der Waals surface area contributed by atoms with Crippen molar-refractivity contribution in [3.05, 3.63) is 0 Å². The van der Waals surface area contributed by atoms with Gasteiger partial charge in [-0.25, -0.2) is 4.79 Å². The van der Waals surface area contributed by atoms with Crippen molar-refractivity contribution < 1.29 is 29.1 Å². The molecule has 12 nitrogen and oxygen atoms in total. The van der Waals surface area contributed by atoms with Crippen molar-refractivity contribution >= 4 is 29.6 Å². The molecule has 32 heavy (non-hydrogen) atoms. The van der Waals surface area contributed by atoms with Crippen LogP contribution in [0.4, 0.5) is 0 Å². The zero-order valence-corrected chi connectivity index (χ0v) is 19.1. The molecule has 0 aromatic rings. The van der Waals surface area contributed by atoms with Crippen LogP contribution in [0.1, 0.15) is 59.3 Å². The van der Waals surface area contributed by atoms with Crippen LogP contribution >= 0.6 is 0 Å². The summed E-state index contributed by atoms with van der Waals surface area (Å²) < 4.78 is 0. The number of carbonyl (C=O) groups excluding carboxylic acids is 4. The van der Waals surface area contributed by atoms with Crippen molar-refractivity contribution in [1.82, 2.24) is 16.0 Å². The molecule has 0 heterocycles. The molecule has 0 aromatic carbocycles. The Bertz CT molecular complexity index is 656. The minimum atomic E-state index is -1.18. The van der Waals surface area contributed by atoms with Crippen LogP contribution in [0.3, 0.4) is 0 Å². The number of rotatable bonds is 16. The molecule has 0 rings (SSSR count). The molecule has 12 heteroatoms. The lowest BCUT2D eigenvalue weighted by atomic mass is 10.0. The molecule has 4 atom stereocenters. The molecule has 0 bridgehead atoms. The first-order valence-electron chi connectivity index (χ1n) is 10.8. The van der Waals surface area contributed by atoms with Crippen LogP contribution in [0.5, 0.6) is 0 Å². The molecule has 0 aliphatic carbocycles. The van der Waals surface area contributed by atoms with Crippen LogP contribution in [0.25, 0.3) is 0 Å². The Hall–Kier alpha value is -2.73. The number of hydrogen-bond donors (Lipinski definition) is 7. The summed E-state index contributed by atoms with van der Waals surface area (Å²) in [6.07, 6.45) is 1.69. The minimum absolute atomic E-state index is 0.0313. The maximum atomic E-state index is 12.7. The van der Waals surface area contributed by atoms with Gasteiger partial charge in [-0.2, -0.15) is 0 Å². The normalized spacial score (nSPS) is 14.7. The van der Waals surface area contributed by atoms with Gasteiger partial charge in [-0.3, -0.25) is 19.2 Å². The molecular weight excluding hydrogens is 420 g/mol. The van der Waals surface area contributed by atoms with Crippen LogP contribution in [0, 0.1) is 5.92 Å². The predicted octanol–water partition coefficient (Wildman–Crippen LogP) is -1.69. The summed E-state index contributed by atoms with van der Waals surface area (Å²) in [6.45, 7) is 5.49. The van der Waals surface area contributed by atoms with Gasteiger partial charge in [-0.05, 0) is 45.1 Å². The summed E-state index contributed by atoms with van der Waals surface area (Å²) in [6, 6.07) is -4.18. The number of unbranched alkanes of at least 4 members (excludes halogenated alkanes) is 1. The van der Waals surface area contributed by atoms with Crippen LogP contribution in [-0.2, 0) is 24.0 Å². The van der Waals surface area contributed by atoms with E-state index < -0.39 is 53.8 Å². The number of primary amides is 1. The van der Waals surface area contributed by atoms with Crippen molar-refractivity contribution in [2.24, 2.45) is 23.1 Å². The van der Waals surface area contributed by atoms with Crippen molar-refractivity contribution in [1.29, 1.82) is 0 Å². The molecule has 0 aliphatic heterocycles. The highest BCUT2D eigenvalue weighted by Gasteiger charge is 2.28. The highest BCUT2D eigenvalue weighted by molar-refractivity contribution is 5.94. The van der Waals surface area contributed by atoms with E-state index in [0.717, 1.165) is 0 Å². The fourth-order valence-corrected chi connectivity index (χ4v) is 2.84. The van der Waals surface area contributed by atoms with Gasteiger partial charge in [0.25, 0.3) is 0 Å². The molecule has 0 saturated heterocycles. The number of hydrogen-bond acceptors (Lipinski definition) is 7. The summed E-state index contributed by atoms with van der Waals surface area (Å²) in [5.74, 6) is -3.79. The Balaban J connectivity index is 5.07. The molecule has 4 unspecified atom stereocenters. The van der Waals surface area contributed by atoms with E-state index in [4.69, 9.17) is 17.2 Å². The van der Waals surface area contributed by atoms with Gasteiger partial charge in [0.15, 0.2) is 0 Å². The lowest BCUT2D eigenvalue weighted by Gasteiger charge is -2.23. The molecule has 0 radical (unpaired) electrons. The number of carbonyl (C=O) groups is 5. The maximum absolute atomic E-state index is 12.7. The Labute approximate surface area is 188 Å². The second kappa shape index (κ2) is 15.1. The SMILES string of the molecule is CC(C)CC(NC(=O)C(C)NC(=O)C(CCC(N)=O)NC(=O)C(N)CCCCN)C(=O)O. The average molecular weight is 459 g/mol. The van der Waals surface area contributed by atoms with E-state index in [2.05, 4.69) is 16.0 Å². The Kier molecular flexibility index (Phi) is 13.8. The van der Waals surface area contributed by atoms with Gasteiger partial charge < -0.3 is 38.3 Å². The first-order valence-corrected chi connectivity index (χ1v) is 10.8. The molecule has 184 valence electrons. The number of nitrogens with two attached hydrogens (primary N) is 3. The zero-order chi connectivity index (χ0) is 24.8. The molecule has 0 aliphatic rings. The Morgan fingerprint density at radius 1 is 0.844 bits per heavy atom. The minimum Gasteiger partial charge on any atom is -0.480 e. The number of nitrogens with one attached hydrogen (secondary N) is 3. The number of carboxylic acid groups (broad SMARTS) is 1. The van der Waals surface area contributed by atoms with E-state index in [1.54, 1.807) is 0 Å². The van der Waals surface area contributed by atoms with Gasteiger partial charge in [-0.15, -0.1) is 0 Å². The first-order chi connectivity index (χ1) is 14.9. The van der Waals surface area contributed by atoms with E-state index >= 15 is 0 Å². The number of carboxylic acids is 1. The highest BCUT2D eigenvalue weighted by Crippen LogP contribution is 2.06. The van der Waals surface area contributed by atoms with Gasteiger partial charge in [-0.1, -0.05) is 20.3 Å². The van der Waals surface area contributed by atoms with Crippen LogP contribution in [-0.4, -0.2) is 65.4 Å². The molecule has 0 saturated carbocycles. The average Bonchev–Trinajstić information content (AvgIpc) is 2.69. The molecular formula is C20H38N6O6. The summed E-state index contributed by atoms with van der Waals surface area (Å²) in [4.78, 5) is 59.8. The lowest BCUT2D eigenvalue weighted by Crippen LogP contribution is -2.56. The predicted molar refractivity (Wildman–Crippen MR) is 118 cm³/mol. The quantitative estimate of drug-likeness (QED) is 0.132. The second-order valence-electron chi connectivity index (χ2n) is 8.22. The van der Waals surface area contributed by atoms with E-state index in [1.165, 1.54) is 6.92 Å². The molecule has 10 N–H and O–H groups in total. The lowest BCUT2D eigenvalue weighted by molar-refractivity contribution is -0.142. The van der Waals surface area contributed by atoms with Crippen molar-refractivity contribution in [3.8, 4) is 0 Å². The first kappa shape index (κ1) is 29.3. The molecule has 0 fully saturated rings. The Morgan fingerprint density at radius 2 is 1.44 bits per heavy atom. The third kappa shape index (κ3) is 12.2. The van der Waals surface area contributed by atoms with Gasteiger partial charge in [0, 0.05) is 6.42 Å². The standard InChI is InChI=1S/C20H38N6O6/c1-11(2)10-15(20(31)32)26-17(28)12(3)24-19(30)14(7-8-16(23)27)25-18(29)13(22)6-4-5-9-21/h11-15H,4-10,21-22H2,1-3H3,(H2,23,27)(H,24,30)(H,25,29)(H,26,28)(H,31,32). The fourth-order valence-electron chi connectivity index (χ4n) is 2.84. The van der Waals surface area contributed by atoms with Crippen LogP contribution in [0.2, 0.25) is 0 Å². The number of aliphatic carboxylic acids is 1. The molecule has 0 aromatic heterocycles. The van der Waals surface area contributed by atoms with E-state index in [1.807, 2.05) is 13.8 Å². The van der Waals surface area contributed by atoms with E-state index in [0.29, 0.717) is 25.8 Å². The van der Waals surface area contributed by atoms with Crippen LogP contribution < -0.4 is 33.2 Å². The van der Waals surface area contributed by atoms with Crippen molar-refractivity contribution in [2.75, 3.05) is 6.54 Å². The fraction of sp³-hybridized carbons (Fsp3) is 0.750. The van der Waals surface area contributed by atoms with E-state index in [-0.39, 0.29) is 25.2 Å². The summed E-state index contributed by atoms with van der Waals surface area (Å²) >= 11 is 0. The van der Waals surface area contributed by atoms with Crippen molar-refractivity contribution in [2.45, 2.75) is 83.5 Å². The third-order valence-corrected chi connectivity index (χ3v) is 4.69. The second-order valence-corrected chi connectivity index (χ2v) is 8.22. The van der Waals surface area contributed by atoms with E-state index in [9.17, 15) is 29.1 Å². The van der Waals surface area contributed by atoms with Gasteiger partial charge in [0.05, 0.1) is 6.04 Å². The largest absolute Gasteiger partial charge is 0.480 e. The van der Waals surface area contributed by atoms with Gasteiger partial charge in [0.2, 0.25) is 23.6 Å². The van der Waals surface area contributed by atoms with Gasteiger partial charge >= 0.3 is 5.97 Å². The maximum Gasteiger partial charge on any atom is 0.326 e. The highest BCUT2D eigenvalue weighted by atomic mass is 16.4. The topological polar surface area (TPSA) is 220 Å². The van der Waals surface area contributed by atoms with Crippen LogP contribution in [0.15, 0.2) is 0 Å². The molecule has 4 amide bonds. The Morgan fingerprint density at radius 3 is 1.94 bits per heavy atom. The summed E-state index contributed by atoms with van der Waals surface area (Å²) in [7, 11) is 0. The third-order valence-electron chi connectivity index (χ3n) is 4.69. The summed E-state index contributed by atoms with van der Waals surface area (Å²) in [5, 5.41) is 16.6. The molecule has 0 spiro atoms. The zero-order valence-electron chi connectivity index (χ0n) is 19.1. The smallest absolute Gasteiger partial charge is 0.326 e. The van der Waals surface area contributed by atoms with Crippen molar-refractivity contribution in [3.63, 3.8) is 0 Å². The number of amides is 4. The van der Waals surface area contributed by atoms with Gasteiger partial charge in [0.1, 0.15) is 18.1 Å².